The number of ether oxygens (including phenoxy) is 2. The fraction of sp³-hybridized carbons (Fsp3) is 0.800. The molecule has 17 heavy (non-hydrogen) atoms. The molecule has 0 aromatic rings. The van der Waals surface area contributed by atoms with Crippen LogP contribution in [0.5, 0.6) is 0 Å². The molecule has 0 aromatic heterocycles. The molecule has 0 amide bonds. The van der Waals surface area contributed by atoms with Crippen molar-refractivity contribution in [1.29, 1.82) is 0 Å². The van der Waals surface area contributed by atoms with E-state index in [0.29, 0.717) is 0 Å². The van der Waals surface area contributed by atoms with Crippen molar-refractivity contribution in [1.82, 2.24) is 5.32 Å². The fourth-order valence-electron chi connectivity index (χ4n) is 1.02. The van der Waals surface area contributed by atoms with Crippen LogP contribution in [-0.2, 0) is 19.1 Å². The maximum atomic E-state index is 11.3. The second-order valence-electron chi connectivity index (χ2n) is 4.35. The number of hydrogen-bond donors (Lipinski definition) is 1. The number of carbonyl (C=O) groups excluding carboxylic acids is 2. The van der Waals surface area contributed by atoms with Crippen molar-refractivity contribution in [3.05, 3.63) is 4.91 Å². The summed E-state index contributed by atoms with van der Waals surface area (Å²) in [6, 6.07) is -0.926. The molecule has 0 saturated carbocycles. The lowest BCUT2D eigenvalue weighted by Crippen LogP contribution is -2.43. The second kappa shape index (κ2) is 6.95. The summed E-state index contributed by atoms with van der Waals surface area (Å²) >= 11 is 0. The van der Waals surface area contributed by atoms with E-state index in [1.165, 1.54) is 7.11 Å². The number of hydrogen-bond acceptors (Lipinski definition) is 7. The number of carbonyl (C=O) groups is 2. The third kappa shape index (κ3) is 7.40. The third-order valence-corrected chi connectivity index (χ3v) is 1.66. The zero-order valence-corrected chi connectivity index (χ0v) is 10.5. The van der Waals surface area contributed by atoms with Gasteiger partial charge in [-0.25, -0.2) is 0 Å². The Kier molecular flexibility index (Phi) is 6.34. The molecule has 98 valence electrons. The van der Waals surface area contributed by atoms with Crippen LogP contribution in [0.2, 0.25) is 0 Å². The van der Waals surface area contributed by atoms with Crippen LogP contribution in [0, 0.1) is 4.91 Å². The summed E-state index contributed by atoms with van der Waals surface area (Å²) in [6.45, 7) is 4.71. The maximum absolute atomic E-state index is 11.3. The van der Waals surface area contributed by atoms with Gasteiger partial charge < -0.3 is 9.47 Å². The molecule has 0 saturated heterocycles. The van der Waals surface area contributed by atoms with Crippen molar-refractivity contribution in [2.24, 2.45) is 5.18 Å². The van der Waals surface area contributed by atoms with Crippen LogP contribution in [0.25, 0.3) is 0 Å². The molecule has 7 heteroatoms. The number of esters is 2. The van der Waals surface area contributed by atoms with Crippen molar-refractivity contribution in [2.45, 2.75) is 32.4 Å². The summed E-state index contributed by atoms with van der Waals surface area (Å²) in [4.78, 5) is 32.6. The molecule has 0 rings (SSSR count). The molecule has 1 N–H and O–H groups in total. The lowest BCUT2D eigenvalue weighted by atomic mass is 10.2. The molecular weight excluding hydrogens is 228 g/mol. The van der Waals surface area contributed by atoms with Gasteiger partial charge in [-0.15, -0.1) is 0 Å². The predicted octanol–water partition coefficient (Wildman–Crippen LogP) is 0.226. The monoisotopic (exact) mass is 246 g/mol. The highest BCUT2D eigenvalue weighted by molar-refractivity contribution is 5.78. The third-order valence-electron chi connectivity index (χ3n) is 1.66. The van der Waals surface area contributed by atoms with Gasteiger partial charge in [0, 0.05) is 0 Å². The highest BCUT2D eigenvalue weighted by Crippen LogP contribution is 2.06. The molecule has 7 nitrogen and oxygen atoms in total. The van der Waals surface area contributed by atoms with Gasteiger partial charge in [0.1, 0.15) is 18.2 Å². The Hall–Kier alpha value is -1.50. The zero-order valence-electron chi connectivity index (χ0n) is 10.5. The Morgan fingerprint density at radius 1 is 1.35 bits per heavy atom. The molecule has 0 aliphatic carbocycles. The summed E-state index contributed by atoms with van der Waals surface area (Å²) in [5.74, 6) is -1.16. The largest absolute Gasteiger partial charge is 0.468 e. The van der Waals surface area contributed by atoms with Gasteiger partial charge in [0.15, 0.2) is 0 Å². The molecule has 0 fully saturated rings. The smallest absolute Gasteiger partial charge is 0.324 e. The minimum absolute atomic E-state index is 0.188. The van der Waals surface area contributed by atoms with Crippen LogP contribution in [-0.4, -0.2) is 43.8 Å². The molecule has 0 spiro atoms. The first kappa shape index (κ1) is 15.5. The minimum atomic E-state index is -0.926. The van der Waals surface area contributed by atoms with E-state index in [4.69, 9.17) is 4.74 Å². The standard InChI is InChI=1S/C10H18N2O5/c1-10(2,3)17-8(13)6-11-7(5-12-15)9(14)16-4/h7,11H,5-6H2,1-4H3. The quantitative estimate of drug-likeness (QED) is 0.532. The molecule has 0 aliphatic heterocycles. The summed E-state index contributed by atoms with van der Waals surface area (Å²) < 4.78 is 9.46. The fourth-order valence-corrected chi connectivity index (χ4v) is 1.02. The van der Waals surface area contributed by atoms with E-state index in [0.717, 1.165) is 0 Å². The average Bonchev–Trinajstić information content (AvgIpc) is 2.20. The maximum Gasteiger partial charge on any atom is 0.324 e. The number of nitrogens with one attached hydrogen (secondary N) is 1. The molecule has 0 heterocycles. The summed E-state index contributed by atoms with van der Waals surface area (Å²) in [7, 11) is 1.19. The Labute approximate surface area is 99.8 Å². The van der Waals surface area contributed by atoms with Crippen molar-refractivity contribution >= 4 is 11.9 Å². The molecule has 0 aromatic carbocycles. The van der Waals surface area contributed by atoms with Gasteiger partial charge in [-0.2, -0.15) is 4.91 Å². The normalized spacial score (nSPS) is 12.7. The SMILES string of the molecule is COC(=O)C(CN=O)NCC(=O)OC(C)(C)C. The lowest BCUT2D eigenvalue weighted by Gasteiger charge is -2.20. The number of rotatable bonds is 6. The second-order valence-corrected chi connectivity index (χ2v) is 4.35. The van der Waals surface area contributed by atoms with Crippen molar-refractivity contribution in [3.63, 3.8) is 0 Å². The van der Waals surface area contributed by atoms with Crippen LogP contribution < -0.4 is 5.32 Å². The van der Waals surface area contributed by atoms with E-state index >= 15 is 0 Å². The Bertz CT molecular complexity index is 285. The Morgan fingerprint density at radius 2 is 1.94 bits per heavy atom. The number of methoxy groups -OCH3 is 1. The van der Waals surface area contributed by atoms with Gasteiger partial charge in [-0.05, 0) is 20.8 Å². The molecular formula is C10H18N2O5. The number of nitroso groups, excluding NO2 is 1. The van der Waals surface area contributed by atoms with Crippen LogP contribution in [0.3, 0.4) is 0 Å². The molecule has 0 aliphatic rings. The van der Waals surface area contributed by atoms with E-state index in [-0.39, 0.29) is 13.1 Å². The van der Waals surface area contributed by atoms with E-state index in [1.54, 1.807) is 20.8 Å². The van der Waals surface area contributed by atoms with Gasteiger partial charge in [0.25, 0.3) is 0 Å². The first-order chi connectivity index (χ1) is 7.80. The first-order valence-electron chi connectivity index (χ1n) is 5.12. The molecule has 1 atom stereocenters. The summed E-state index contributed by atoms with van der Waals surface area (Å²) in [5.41, 5.74) is -0.595. The van der Waals surface area contributed by atoms with E-state index in [2.05, 4.69) is 15.2 Å². The van der Waals surface area contributed by atoms with Crippen LogP contribution in [0.4, 0.5) is 0 Å². The van der Waals surface area contributed by atoms with Gasteiger partial charge in [0.05, 0.1) is 13.7 Å². The molecule has 0 bridgehead atoms. The zero-order chi connectivity index (χ0) is 13.5. The van der Waals surface area contributed by atoms with Crippen molar-refractivity contribution < 1.29 is 19.1 Å². The molecule has 0 radical (unpaired) electrons. The van der Waals surface area contributed by atoms with E-state index < -0.39 is 23.6 Å². The average molecular weight is 246 g/mol. The summed E-state index contributed by atoms with van der Waals surface area (Å²) in [6.07, 6.45) is 0. The highest BCUT2D eigenvalue weighted by Gasteiger charge is 2.22. The van der Waals surface area contributed by atoms with Crippen LogP contribution in [0.15, 0.2) is 5.18 Å². The van der Waals surface area contributed by atoms with Crippen LogP contribution >= 0.6 is 0 Å². The molecule has 1 unspecified atom stereocenters. The van der Waals surface area contributed by atoms with Crippen molar-refractivity contribution in [2.75, 3.05) is 20.2 Å². The van der Waals surface area contributed by atoms with Gasteiger partial charge in [-0.3, -0.25) is 14.9 Å². The van der Waals surface area contributed by atoms with Gasteiger partial charge in [-0.1, -0.05) is 5.18 Å². The highest BCUT2D eigenvalue weighted by atomic mass is 16.6. The van der Waals surface area contributed by atoms with Gasteiger partial charge >= 0.3 is 11.9 Å². The Balaban J connectivity index is 4.17. The van der Waals surface area contributed by atoms with E-state index in [9.17, 15) is 14.5 Å². The number of nitrogens with zero attached hydrogens (tertiary/aromatic N) is 1. The predicted molar refractivity (Wildman–Crippen MR) is 60.3 cm³/mol. The minimum Gasteiger partial charge on any atom is -0.468 e. The lowest BCUT2D eigenvalue weighted by molar-refractivity contribution is -0.154. The Morgan fingerprint density at radius 3 is 2.35 bits per heavy atom. The van der Waals surface area contributed by atoms with Crippen LogP contribution in [0.1, 0.15) is 20.8 Å². The van der Waals surface area contributed by atoms with Gasteiger partial charge in [0.2, 0.25) is 0 Å². The summed E-state index contributed by atoms with van der Waals surface area (Å²) in [5, 5.41) is 5.14. The first-order valence-corrected chi connectivity index (χ1v) is 5.12. The van der Waals surface area contributed by atoms with Crippen molar-refractivity contribution in [3.8, 4) is 0 Å². The topological polar surface area (TPSA) is 94.1 Å². The van der Waals surface area contributed by atoms with E-state index in [1.807, 2.05) is 0 Å².